The molecule has 5 heteroatoms. The first-order chi connectivity index (χ1) is 7.52. The highest BCUT2D eigenvalue weighted by Gasteiger charge is 2.02. The van der Waals surface area contributed by atoms with E-state index in [9.17, 15) is 8.78 Å². The summed E-state index contributed by atoms with van der Waals surface area (Å²) in [7, 11) is 2.02. The van der Waals surface area contributed by atoms with E-state index in [0.29, 0.717) is 12.6 Å². The Morgan fingerprint density at radius 1 is 1.25 bits per heavy atom. The lowest BCUT2D eigenvalue weighted by molar-refractivity contribution is 0.0150. The van der Waals surface area contributed by atoms with Crippen molar-refractivity contribution in [2.24, 2.45) is 0 Å². The second-order valence-electron chi connectivity index (χ2n) is 4.23. The van der Waals surface area contributed by atoms with Gasteiger partial charge >= 0.3 is 0 Å². The number of nitrogens with zero attached hydrogens (tertiary/aromatic N) is 1. The lowest BCUT2D eigenvalue weighted by atomic mass is 10.3. The molecule has 0 saturated carbocycles. The molecule has 0 aromatic rings. The van der Waals surface area contributed by atoms with Crippen molar-refractivity contribution in [3.63, 3.8) is 0 Å². The number of rotatable bonds is 10. The fraction of sp³-hybridized carbons (Fsp3) is 1.00. The topological polar surface area (TPSA) is 24.5 Å². The Morgan fingerprint density at radius 2 is 1.94 bits per heavy atom. The maximum absolute atomic E-state index is 11.7. The fourth-order valence-electron chi connectivity index (χ4n) is 1.26. The third kappa shape index (κ3) is 11.8. The molecule has 0 spiro atoms. The van der Waals surface area contributed by atoms with E-state index in [1.54, 1.807) is 0 Å². The van der Waals surface area contributed by atoms with E-state index in [1.165, 1.54) is 0 Å². The molecule has 0 aromatic heterocycles. The molecular weight excluding hydrogens is 214 g/mol. The molecule has 0 fully saturated rings. The zero-order valence-corrected chi connectivity index (χ0v) is 10.5. The first-order valence-electron chi connectivity index (χ1n) is 5.80. The summed E-state index contributed by atoms with van der Waals surface area (Å²) >= 11 is 0. The highest BCUT2D eigenvalue weighted by atomic mass is 19.3. The molecule has 0 atom stereocenters. The number of likely N-dealkylation sites (N-methyl/N-ethyl adjacent to an activating group) is 1. The van der Waals surface area contributed by atoms with Crippen molar-refractivity contribution in [1.29, 1.82) is 0 Å². The van der Waals surface area contributed by atoms with Crippen LogP contribution in [0.2, 0.25) is 0 Å². The van der Waals surface area contributed by atoms with Crippen molar-refractivity contribution >= 4 is 0 Å². The molecule has 0 bridgehead atoms. The first-order valence-corrected chi connectivity index (χ1v) is 5.80. The molecular formula is C11H24F2N2O. The zero-order chi connectivity index (χ0) is 12.4. The molecule has 0 aliphatic heterocycles. The van der Waals surface area contributed by atoms with Gasteiger partial charge in [0.25, 0.3) is 6.43 Å². The summed E-state index contributed by atoms with van der Waals surface area (Å²) in [5.41, 5.74) is 0. The van der Waals surface area contributed by atoms with E-state index in [2.05, 4.69) is 24.1 Å². The molecule has 0 saturated heterocycles. The number of hydrogen-bond acceptors (Lipinski definition) is 3. The number of hydrogen-bond donors (Lipinski definition) is 1. The van der Waals surface area contributed by atoms with Gasteiger partial charge in [-0.05, 0) is 13.5 Å². The number of nitrogens with one attached hydrogen (secondary N) is 1. The molecule has 0 amide bonds. The molecule has 0 unspecified atom stereocenters. The van der Waals surface area contributed by atoms with Gasteiger partial charge in [-0.2, -0.15) is 0 Å². The molecule has 1 N–H and O–H groups in total. The monoisotopic (exact) mass is 238 g/mol. The highest BCUT2D eigenvalue weighted by Crippen LogP contribution is 1.94. The zero-order valence-electron chi connectivity index (χ0n) is 10.5. The van der Waals surface area contributed by atoms with E-state index in [4.69, 9.17) is 4.74 Å². The van der Waals surface area contributed by atoms with Gasteiger partial charge in [0.2, 0.25) is 0 Å². The van der Waals surface area contributed by atoms with E-state index >= 15 is 0 Å². The third-order valence-corrected chi connectivity index (χ3v) is 2.12. The van der Waals surface area contributed by atoms with Crippen molar-refractivity contribution < 1.29 is 13.5 Å². The van der Waals surface area contributed by atoms with E-state index in [0.717, 1.165) is 26.1 Å². The largest absolute Gasteiger partial charge is 0.375 e. The Kier molecular flexibility index (Phi) is 9.77. The minimum absolute atomic E-state index is 0.409. The molecule has 16 heavy (non-hydrogen) atoms. The molecule has 0 radical (unpaired) electrons. The molecule has 0 rings (SSSR count). The van der Waals surface area contributed by atoms with Gasteiger partial charge in [-0.15, -0.1) is 0 Å². The average molecular weight is 238 g/mol. The van der Waals surface area contributed by atoms with Crippen molar-refractivity contribution in [1.82, 2.24) is 10.2 Å². The van der Waals surface area contributed by atoms with Crippen LogP contribution in [0.4, 0.5) is 8.78 Å². The van der Waals surface area contributed by atoms with Crippen molar-refractivity contribution in [2.75, 3.05) is 39.9 Å². The van der Waals surface area contributed by atoms with Gasteiger partial charge in [0.15, 0.2) is 0 Å². The second kappa shape index (κ2) is 9.93. The van der Waals surface area contributed by atoms with Crippen LogP contribution in [0.25, 0.3) is 0 Å². The number of ether oxygens (including phenoxy) is 1. The molecule has 0 heterocycles. The normalized spacial score (nSPS) is 12.0. The quantitative estimate of drug-likeness (QED) is 0.585. The van der Waals surface area contributed by atoms with Crippen LogP contribution >= 0.6 is 0 Å². The van der Waals surface area contributed by atoms with Crippen LogP contribution in [0.1, 0.15) is 20.3 Å². The van der Waals surface area contributed by atoms with Crippen LogP contribution in [0.15, 0.2) is 0 Å². The van der Waals surface area contributed by atoms with E-state index in [1.807, 2.05) is 7.05 Å². The summed E-state index contributed by atoms with van der Waals surface area (Å²) in [4.78, 5) is 2.17. The predicted octanol–water partition coefficient (Wildman–Crippen LogP) is 1.59. The van der Waals surface area contributed by atoms with E-state index in [-0.39, 0.29) is 0 Å². The van der Waals surface area contributed by atoms with Gasteiger partial charge < -0.3 is 15.0 Å². The second-order valence-corrected chi connectivity index (χ2v) is 4.23. The lowest BCUT2D eigenvalue weighted by Crippen LogP contribution is -2.33. The van der Waals surface area contributed by atoms with Gasteiger partial charge in [-0.25, -0.2) is 8.78 Å². The minimum atomic E-state index is -2.35. The van der Waals surface area contributed by atoms with Crippen LogP contribution in [0, 0.1) is 0 Å². The summed E-state index contributed by atoms with van der Waals surface area (Å²) in [6.07, 6.45) is -1.56. The summed E-state index contributed by atoms with van der Waals surface area (Å²) in [6, 6.07) is 0.503. The van der Waals surface area contributed by atoms with Crippen LogP contribution in [-0.4, -0.2) is 57.3 Å². The standard InChI is InChI=1S/C11H24F2N2O/c1-10(2)14-5-7-15(3)6-4-8-16-9-11(12)13/h10-11,14H,4-9H2,1-3H3. The Labute approximate surface area is 97.1 Å². The number of halogens is 2. The van der Waals surface area contributed by atoms with Crippen molar-refractivity contribution in [2.45, 2.75) is 32.7 Å². The van der Waals surface area contributed by atoms with Gasteiger partial charge in [-0.3, -0.25) is 0 Å². The smallest absolute Gasteiger partial charge is 0.261 e. The Hall–Kier alpha value is -0.260. The molecule has 0 aromatic carbocycles. The van der Waals surface area contributed by atoms with Crippen LogP contribution in [0.5, 0.6) is 0 Å². The SMILES string of the molecule is CC(C)NCCN(C)CCCOCC(F)F. The van der Waals surface area contributed by atoms with Gasteiger partial charge in [-0.1, -0.05) is 13.8 Å². The Morgan fingerprint density at radius 3 is 2.50 bits per heavy atom. The molecule has 0 aliphatic rings. The van der Waals surface area contributed by atoms with Crippen LogP contribution in [-0.2, 0) is 4.74 Å². The van der Waals surface area contributed by atoms with Crippen molar-refractivity contribution in [3.05, 3.63) is 0 Å². The molecule has 98 valence electrons. The summed E-state index contributed by atoms with van der Waals surface area (Å²) in [5.74, 6) is 0. The fourth-order valence-corrected chi connectivity index (χ4v) is 1.26. The first kappa shape index (κ1) is 15.7. The maximum atomic E-state index is 11.7. The minimum Gasteiger partial charge on any atom is -0.375 e. The average Bonchev–Trinajstić information content (AvgIpc) is 2.16. The highest BCUT2D eigenvalue weighted by molar-refractivity contribution is 4.57. The lowest BCUT2D eigenvalue weighted by Gasteiger charge is -2.17. The molecule has 0 aliphatic carbocycles. The molecule has 3 nitrogen and oxygen atoms in total. The predicted molar refractivity (Wildman–Crippen MR) is 62.1 cm³/mol. The third-order valence-electron chi connectivity index (χ3n) is 2.12. The van der Waals surface area contributed by atoms with Crippen molar-refractivity contribution in [3.8, 4) is 0 Å². The van der Waals surface area contributed by atoms with Gasteiger partial charge in [0, 0.05) is 32.3 Å². The number of alkyl halides is 2. The maximum Gasteiger partial charge on any atom is 0.261 e. The van der Waals surface area contributed by atoms with Crippen LogP contribution < -0.4 is 5.32 Å². The van der Waals surface area contributed by atoms with E-state index < -0.39 is 13.0 Å². The summed E-state index contributed by atoms with van der Waals surface area (Å²) in [6.45, 7) is 6.98. The summed E-state index contributed by atoms with van der Waals surface area (Å²) < 4.78 is 28.2. The Balaban J connectivity index is 3.20. The van der Waals surface area contributed by atoms with Gasteiger partial charge in [0.1, 0.15) is 6.61 Å². The van der Waals surface area contributed by atoms with Gasteiger partial charge in [0.05, 0.1) is 0 Å². The summed E-state index contributed by atoms with van der Waals surface area (Å²) in [5, 5.41) is 3.32. The van der Waals surface area contributed by atoms with Crippen LogP contribution in [0.3, 0.4) is 0 Å². The Bertz CT molecular complexity index is 157.